The third kappa shape index (κ3) is 6.37. The number of hydrogen-bond acceptors (Lipinski definition) is 4. The summed E-state index contributed by atoms with van der Waals surface area (Å²) in [6.07, 6.45) is 4.76. The lowest BCUT2D eigenvalue weighted by atomic mass is 9.94. The molecule has 156 valence electrons. The molecule has 1 aromatic rings. The molecule has 0 saturated carbocycles. The van der Waals surface area contributed by atoms with E-state index < -0.39 is 23.9 Å². The van der Waals surface area contributed by atoms with Crippen molar-refractivity contribution in [3.05, 3.63) is 69.7 Å². The normalized spacial score (nSPS) is 10.2. The number of carboxylic acid groups (broad SMARTS) is 1. The Morgan fingerprint density at radius 3 is 2.17 bits per heavy atom. The van der Waals surface area contributed by atoms with E-state index in [0.717, 1.165) is 0 Å². The summed E-state index contributed by atoms with van der Waals surface area (Å²) in [6.45, 7) is 7.80. The average molecular weight is 535 g/mol. The molecule has 1 rings (SSSR count). The second kappa shape index (κ2) is 11.7. The fourth-order valence-corrected chi connectivity index (χ4v) is 3.86. The van der Waals surface area contributed by atoms with Crippen LogP contribution in [0.5, 0.6) is 5.75 Å². The van der Waals surface area contributed by atoms with E-state index >= 15 is 0 Å². The van der Waals surface area contributed by atoms with Gasteiger partial charge in [0.2, 0.25) is 5.78 Å². The molecule has 0 bridgehead atoms. The number of Topliss-reactive ketones (excluding diaryl/α,β-unsaturated/α-hetero) is 1. The van der Waals surface area contributed by atoms with Crippen LogP contribution in [0, 0.1) is 0 Å². The molecule has 0 aliphatic carbocycles. The van der Waals surface area contributed by atoms with Crippen molar-refractivity contribution in [1.82, 2.24) is 0 Å². The lowest BCUT2D eigenvalue weighted by Crippen LogP contribution is -2.17. The Kier molecular flexibility index (Phi) is 9.97. The molecule has 0 saturated heterocycles. The van der Waals surface area contributed by atoms with Crippen molar-refractivity contribution < 1.29 is 28.2 Å². The zero-order valence-electron chi connectivity index (χ0n) is 15.3. The molecule has 0 fully saturated rings. The maximum absolute atomic E-state index is 13.1. The first kappa shape index (κ1) is 24.8. The van der Waals surface area contributed by atoms with Crippen molar-refractivity contribution in [2.75, 3.05) is 11.9 Å². The minimum Gasteiger partial charge on any atom is -0.478 e. The van der Waals surface area contributed by atoms with Gasteiger partial charge in [0.25, 0.3) is 0 Å². The summed E-state index contributed by atoms with van der Waals surface area (Å²) >= 11 is 6.26. The topological polar surface area (TPSA) is 75.6 Å². The standard InChI is InChI=1S/C20H19Br2F2NO4/c1-4-7-11(8-5-2)14(19(27)28)17(26)12-10-13(25-9-6-3)16(22)18(15(12)21)29-20(23)24/h4-6,10,20,25H,1-3,7-9H2,(H,27,28). The van der Waals surface area contributed by atoms with Crippen LogP contribution >= 0.6 is 31.9 Å². The van der Waals surface area contributed by atoms with E-state index in [1.54, 1.807) is 0 Å². The number of allylic oxidation sites excluding steroid dienone is 3. The molecule has 29 heavy (non-hydrogen) atoms. The maximum atomic E-state index is 13.1. The summed E-state index contributed by atoms with van der Waals surface area (Å²) in [5, 5.41) is 12.5. The predicted octanol–water partition coefficient (Wildman–Crippen LogP) is 6.13. The molecule has 0 spiro atoms. The van der Waals surface area contributed by atoms with Crippen LogP contribution in [-0.4, -0.2) is 30.0 Å². The molecule has 0 aromatic heterocycles. The number of alkyl halides is 2. The molecule has 0 atom stereocenters. The number of ketones is 1. The molecular weight excluding hydrogens is 516 g/mol. The number of benzene rings is 1. The van der Waals surface area contributed by atoms with E-state index in [4.69, 9.17) is 0 Å². The molecule has 0 aliphatic rings. The zero-order chi connectivity index (χ0) is 22.1. The first-order valence-corrected chi connectivity index (χ1v) is 9.81. The van der Waals surface area contributed by atoms with Crippen LogP contribution in [0.3, 0.4) is 0 Å². The molecule has 1 aromatic carbocycles. The average Bonchev–Trinajstić information content (AvgIpc) is 2.64. The third-order valence-corrected chi connectivity index (χ3v) is 5.20. The first-order valence-electron chi connectivity index (χ1n) is 8.22. The highest BCUT2D eigenvalue weighted by Crippen LogP contribution is 2.43. The number of carbonyl (C=O) groups excluding carboxylic acids is 1. The number of carbonyl (C=O) groups is 2. The summed E-state index contributed by atoms with van der Waals surface area (Å²) < 4.78 is 30.4. The number of anilines is 1. The van der Waals surface area contributed by atoms with Gasteiger partial charge in [-0.05, 0) is 56.3 Å². The van der Waals surface area contributed by atoms with Crippen molar-refractivity contribution in [2.45, 2.75) is 19.5 Å². The van der Waals surface area contributed by atoms with E-state index in [1.807, 2.05) is 0 Å². The highest BCUT2D eigenvalue weighted by Gasteiger charge is 2.28. The van der Waals surface area contributed by atoms with Crippen LogP contribution in [0.4, 0.5) is 14.5 Å². The quantitative estimate of drug-likeness (QED) is 0.111. The zero-order valence-corrected chi connectivity index (χ0v) is 18.5. The minimum atomic E-state index is -3.16. The summed E-state index contributed by atoms with van der Waals surface area (Å²) in [5.41, 5.74) is -0.0889. The van der Waals surface area contributed by atoms with E-state index in [0.29, 0.717) is 5.57 Å². The van der Waals surface area contributed by atoms with Crippen molar-refractivity contribution in [3.63, 3.8) is 0 Å². The van der Waals surface area contributed by atoms with Gasteiger partial charge < -0.3 is 15.2 Å². The fraction of sp³-hybridized carbons (Fsp3) is 0.200. The lowest BCUT2D eigenvalue weighted by molar-refractivity contribution is -0.132. The number of carboxylic acids is 1. The highest BCUT2D eigenvalue weighted by atomic mass is 79.9. The van der Waals surface area contributed by atoms with E-state index in [2.05, 4.69) is 61.7 Å². The van der Waals surface area contributed by atoms with Crippen LogP contribution in [0.1, 0.15) is 23.2 Å². The SMILES string of the molecule is C=CCNc1cc(C(=O)C(C(=O)O)=C(CC=C)CC=C)c(Br)c(OC(F)F)c1Br. The molecule has 5 nitrogen and oxygen atoms in total. The maximum Gasteiger partial charge on any atom is 0.387 e. The number of ether oxygens (including phenoxy) is 1. The summed E-state index contributed by atoms with van der Waals surface area (Å²) in [5.74, 6) is -2.65. The van der Waals surface area contributed by atoms with Crippen molar-refractivity contribution in [3.8, 4) is 5.75 Å². The second-order valence-corrected chi connectivity index (χ2v) is 7.16. The van der Waals surface area contributed by atoms with Gasteiger partial charge in [-0.25, -0.2) is 4.79 Å². The van der Waals surface area contributed by atoms with Crippen molar-refractivity contribution in [1.29, 1.82) is 0 Å². The molecule has 0 aliphatic heterocycles. The summed E-state index contributed by atoms with van der Waals surface area (Å²) in [4.78, 5) is 25.0. The smallest absolute Gasteiger partial charge is 0.387 e. The number of hydrogen-bond donors (Lipinski definition) is 2. The number of rotatable bonds is 12. The highest BCUT2D eigenvalue weighted by molar-refractivity contribution is 9.11. The van der Waals surface area contributed by atoms with Gasteiger partial charge in [-0.3, -0.25) is 4.79 Å². The van der Waals surface area contributed by atoms with E-state index in [1.165, 1.54) is 24.3 Å². The van der Waals surface area contributed by atoms with Crippen LogP contribution in [-0.2, 0) is 4.79 Å². The monoisotopic (exact) mass is 533 g/mol. The van der Waals surface area contributed by atoms with Crippen LogP contribution in [0.25, 0.3) is 0 Å². The Hall–Kier alpha value is -2.26. The molecule has 9 heteroatoms. The number of aliphatic carboxylic acids is 1. The minimum absolute atomic E-state index is 0.103. The second-order valence-electron chi connectivity index (χ2n) is 5.58. The van der Waals surface area contributed by atoms with Gasteiger partial charge in [0, 0.05) is 12.1 Å². The van der Waals surface area contributed by atoms with Gasteiger partial charge in [-0.2, -0.15) is 8.78 Å². The molecule has 2 N–H and O–H groups in total. The van der Waals surface area contributed by atoms with Crippen molar-refractivity contribution in [2.24, 2.45) is 0 Å². The molecule has 0 unspecified atom stereocenters. The molecule has 0 amide bonds. The fourth-order valence-electron chi connectivity index (χ4n) is 2.46. The molecule has 0 heterocycles. The van der Waals surface area contributed by atoms with Crippen molar-refractivity contribution >= 4 is 49.3 Å². The van der Waals surface area contributed by atoms with Gasteiger partial charge in [0.05, 0.1) is 14.6 Å². The Morgan fingerprint density at radius 2 is 1.72 bits per heavy atom. The van der Waals surface area contributed by atoms with E-state index in [-0.39, 0.29) is 45.3 Å². The summed E-state index contributed by atoms with van der Waals surface area (Å²) in [7, 11) is 0. The largest absolute Gasteiger partial charge is 0.478 e. The third-order valence-electron chi connectivity index (χ3n) is 3.62. The van der Waals surface area contributed by atoms with Gasteiger partial charge in [-0.1, -0.05) is 18.2 Å². The van der Waals surface area contributed by atoms with Gasteiger partial charge in [0.15, 0.2) is 5.75 Å². The van der Waals surface area contributed by atoms with Crippen LogP contribution in [0.15, 0.2) is 64.1 Å². The van der Waals surface area contributed by atoms with Crippen LogP contribution < -0.4 is 10.1 Å². The van der Waals surface area contributed by atoms with E-state index in [9.17, 15) is 23.5 Å². The first-order chi connectivity index (χ1) is 13.7. The van der Waals surface area contributed by atoms with Gasteiger partial charge in [0.1, 0.15) is 5.57 Å². The Balaban J connectivity index is 3.75. The Morgan fingerprint density at radius 1 is 1.14 bits per heavy atom. The predicted molar refractivity (Wildman–Crippen MR) is 116 cm³/mol. The molecular formula is C20H19Br2F2NO4. The molecule has 0 radical (unpaired) electrons. The van der Waals surface area contributed by atoms with Gasteiger partial charge >= 0.3 is 12.6 Å². The van der Waals surface area contributed by atoms with Crippen LogP contribution in [0.2, 0.25) is 0 Å². The number of nitrogens with one attached hydrogen (secondary N) is 1. The number of halogens is 4. The summed E-state index contributed by atoms with van der Waals surface area (Å²) in [6, 6.07) is 1.35. The Bertz CT molecular complexity index is 855. The van der Waals surface area contributed by atoms with Gasteiger partial charge in [-0.15, -0.1) is 19.7 Å². The lowest BCUT2D eigenvalue weighted by Gasteiger charge is -2.18. The Labute approximate surface area is 184 Å².